The highest BCUT2D eigenvalue weighted by Gasteiger charge is 2.09. The second-order valence-electron chi connectivity index (χ2n) is 6.03. The number of methoxy groups -OCH3 is 1. The Morgan fingerprint density at radius 1 is 1.11 bits per heavy atom. The lowest BCUT2D eigenvalue weighted by Gasteiger charge is -2.09. The first-order valence-electron chi connectivity index (χ1n) is 8.80. The zero-order chi connectivity index (χ0) is 19.2. The van der Waals surface area contributed by atoms with Gasteiger partial charge in [0.05, 0.1) is 19.3 Å². The average Bonchev–Trinajstić information content (AvgIpc) is 3.09. The smallest absolute Gasteiger partial charge is 0.338 e. The second-order valence-corrected chi connectivity index (χ2v) is 6.03. The average molecular weight is 366 g/mol. The standard InChI is InChI=1S/C21H22N2O4/c1-3-27-21(25)16-5-4-6-17(13-16)22-20(24)10-12-23-11-9-15-14-18(26-2)7-8-19(15)23/h4-9,11,13-14H,3,10,12H2,1-2H3,(H,22,24). The van der Waals surface area contributed by atoms with Crippen LogP contribution in [0.3, 0.4) is 0 Å². The molecule has 6 heteroatoms. The Morgan fingerprint density at radius 3 is 2.74 bits per heavy atom. The molecule has 140 valence electrons. The Labute approximate surface area is 157 Å². The lowest BCUT2D eigenvalue weighted by Crippen LogP contribution is -2.14. The van der Waals surface area contributed by atoms with Crippen LogP contribution in [0.1, 0.15) is 23.7 Å². The number of hydrogen-bond donors (Lipinski definition) is 1. The van der Waals surface area contributed by atoms with Gasteiger partial charge in [-0.1, -0.05) is 6.07 Å². The molecule has 0 fully saturated rings. The predicted molar refractivity (Wildman–Crippen MR) is 104 cm³/mol. The van der Waals surface area contributed by atoms with Gasteiger partial charge >= 0.3 is 5.97 Å². The molecule has 0 bridgehead atoms. The third kappa shape index (κ3) is 4.47. The van der Waals surface area contributed by atoms with Gasteiger partial charge < -0.3 is 19.4 Å². The number of carbonyl (C=O) groups excluding carboxylic acids is 2. The van der Waals surface area contributed by atoms with Crippen molar-refractivity contribution in [3.05, 3.63) is 60.3 Å². The van der Waals surface area contributed by atoms with Crippen LogP contribution in [0.15, 0.2) is 54.7 Å². The van der Waals surface area contributed by atoms with E-state index in [4.69, 9.17) is 9.47 Å². The third-order valence-corrected chi connectivity index (χ3v) is 4.22. The number of esters is 1. The van der Waals surface area contributed by atoms with E-state index in [1.54, 1.807) is 38.3 Å². The molecule has 6 nitrogen and oxygen atoms in total. The Morgan fingerprint density at radius 2 is 1.96 bits per heavy atom. The monoisotopic (exact) mass is 366 g/mol. The summed E-state index contributed by atoms with van der Waals surface area (Å²) in [5.74, 6) is 0.286. The molecule has 3 rings (SSSR count). The summed E-state index contributed by atoms with van der Waals surface area (Å²) in [6, 6.07) is 14.6. The van der Waals surface area contributed by atoms with Gasteiger partial charge in [0.2, 0.25) is 5.91 Å². The van der Waals surface area contributed by atoms with Crippen molar-refractivity contribution in [2.24, 2.45) is 0 Å². The summed E-state index contributed by atoms with van der Waals surface area (Å²) in [6.45, 7) is 2.62. The number of rotatable bonds is 7. The molecule has 0 atom stereocenters. The molecular formula is C21H22N2O4. The van der Waals surface area contributed by atoms with Gasteiger partial charge in [-0.05, 0) is 49.4 Å². The first-order chi connectivity index (χ1) is 13.1. The van der Waals surface area contributed by atoms with E-state index in [1.807, 2.05) is 35.0 Å². The van der Waals surface area contributed by atoms with Crippen molar-refractivity contribution >= 4 is 28.5 Å². The van der Waals surface area contributed by atoms with E-state index < -0.39 is 5.97 Å². The van der Waals surface area contributed by atoms with Crippen molar-refractivity contribution in [2.75, 3.05) is 19.0 Å². The lowest BCUT2D eigenvalue weighted by atomic mass is 10.2. The molecule has 0 saturated heterocycles. The number of hydrogen-bond acceptors (Lipinski definition) is 4. The van der Waals surface area contributed by atoms with E-state index in [-0.39, 0.29) is 5.91 Å². The second kappa shape index (κ2) is 8.40. The number of amides is 1. The van der Waals surface area contributed by atoms with Gasteiger partial charge in [-0.3, -0.25) is 4.79 Å². The van der Waals surface area contributed by atoms with E-state index in [0.717, 1.165) is 16.7 Å². The maximum absolute atomic E-state index is 12.3. The normalized spacial score (nSPS) is 10.6. The van der Waals surface area contributed by atoms with Crippen molar-refractivity contribution in [2.45, 2.75) is 19.9 Å². The van der Waals surface area contributed by atoms with E-state index in [0.29, 0.717) is 30.8 Å². The zero-order valence-electron chi connectivity index (χ0n) is 15.4. The quantitative estimate of drug-likeness (QED) is 0.645. The summed E-state index contributed by atoms with van der Waals surface area (Å²) in [4.78, 5) is 24.1. The van der Waals surface area contributed by atoms with Crippen LogP contribution in [0.2, 0.25) is 0 Å². The fourth-order valence-corrected chi connectivity index (χ4v) is 2.88. The minimum absolute atomic E-state index is 0.119. The van der Waals surface area contributed by atoms with Crippen LogP contribution in [0.25, 0.3) is 10.9 Å². The third-order valence-electron chi connectivity index (χ3n) is 4.22. The van der Waals surface area contributed by atoms with Crippen LogP contribution in [0, 0.1) is 0 Å². The minimum Gasteiger partial charge on any atom is -0.497 e. The molecule has 1 heterocycles. The maximum atomic E-state index is 12.3. The van der Waals surface area contributed by atoms with Crippen LogP contribution in [0.5, 0.6) is 5.75 Å². The summed E-state index contributed by atoms with van der Waals surface area (Å²) in [6.07, 6.45) is 2.28. The number of nitrogens with one attached hydrogen (secondary N) is 1. The van der Waals surface area contributed by atoms with Crippen molar-refractivity contribution in [3.8, 4) is 5.75 Å². The van der Waals surface area contributed by atoms with Crippen LogP contribution < -0.4 is 10.1 Å². The number of carbonyl (C=O) groups is 2. The topological polar surface area (TPSA) is 69.6 Å². The maximum Gasteiger partial charge on any atom is 0.338 e. The number of ether oxygens (including phenoxy) is 2. The highest BCUT2D eigenvalue weighted by molar-refractivity contribution is 5.94. The Hall–Kier alpha value is -3.28. The van der Waals surface area contributed by atoms with Gasteiger partial charge in [0.1, 0.15) is 5.75 Å². The fraction of sp³-hybridized carbons (Fsp3) is 0.238. The van der Waals surface area contributed by atoms with E-state index in [2.05, 4.69) is 5.32 Å². The molecule has 0 aliphatic rings. The van der Waals surface area contributed by atoms with Gasteiger partial charge in [-0.15, -0.1) is 0 Å². The Bertz CT molecular complexity index is 962. The molecule has 1 aromatic heterocycles. The minimum atomic E-state index is -0.400. The van der Waals surface area contributed by atoms with Crippen molar-refractivity contribution in [3.63, 3.8) is 0 Å². The molecular weight excluding hydrogens is 344 g/mol. The van der Waals surface area contributed by atoms with Crippen LogP contribution in [-0.2, 0) is 16.1 Å². The van der Waals surface area contributed by atoms with Gasteiger partial charge in [0, 0.05) is 35.8 Å². The van der Waals surface area contributed by atoms with E-state index >= 15 is 0 Å². The fourth-order valence-electron chi connectivity index (χ4n) is 2.88. The van der Waals surface area contributed by atoms with Crippen molar-refractivity contribution in [1.82, 2.24) is 4.57 Å². The van der Waals surface area contributed by atoms with Gasteiger partial charge in [-0.25, -0.2) is 4.79 Å². The molecule has 0 saturated carbocycles. The molecule has 2 aromatic carbocycles. The highest BCUT2D eigenvalue weighted by atomic mass is 16.5. The summed E-state index contributed by atoms with van der Waals surface area (Å²) in [5, 5.41) is 3.89. The van der Waals surface area contributed by atoms with E-state index in [9.17, 15) is 9.59 Å². The lowest BCUT2D eigenvalue weighted by molar-refractivity contribution is -0.116. The molecule has 27 heavy (non-hydrogen) atoms. The summed E-state index contributed by atoms with van der Waals surface area (Å²) in [7, 11) is 1.64. The van der Waals surface area contributed by atoms with Crippen LogP contribution in [0.4, 0.5) is 5.69 Å². The summed E-state index contributed by atoms with van der Waals surface area (Å²) >= 11 is 0. The Balaban J connectivity index is 1.62. The summed E-state index contributed by atoms with van der Waals surface area (Å²) in [5.41, 5.74) is 2.04. The number of anilines is 1. The van der Waals surface area contributed by atoms with Crippen LogP contribution >= 0.6 is 0 Å². The number of aromatic nitrogens is 1. The molecule has 0 unspecified atom stereocenters. The molecule has 0 spiro atoms. The van der Waals surface area contributed by atoms with Gasteiger partial charge in [0.25, 0.3) is 0 Å². The van der Waals surface area contributed by atoms with E-state index in [1.165, 1.54) is 0 Å². The molecule has 3 aromatic rings. The van der Waals surface area contributed by atoms with Crippen molar-refractivity contribution in [1.29, 1.82) is 0 Å². The first-order valence-corrected chi connectivity index (χ1v) is 8.80. The number of nitrogens with zero attached hydrogens (tertiary/aromatic N) is 1. The van der Waals surface area contributed by atoms with Crippen molar-refractivity contribution < 1.29 is 19.1 Å². The first kappa shape index (κ1) is 18.5. The number of fused-ring (bicyclic) bond motifs is 1. The predicted octanol–water partition coefficient (Wildman–Crippen LogP) is 3.86. The molecule has 1 N–H and O–H groups in total. The Kier molecular flexibility index (Phi) is 5.76. The largest absolute Gasteiger partial charge is 0.497 e. The zero-order valence-corrected chi connectivity index (χ0v) is 15.4. The highest BCUT2D eigenvalue weighted by Crippen LogP contribution is 2.22. The summed E-state index contributed by atoms with van der Waals surface area (Å²) < 4.78 is 12.2. The molecule has 0 radical (unpaired) electrons. The number of benzene rings is 2. The van der Waals surface area contributed by atoms with Gasteiger partial charge in [-0.2, -0.15) is 0 Å². The van der Waals surface area contributed by atoms with Crippen LogP contribution in [-0.4, -0.2) is 30.2 Å². The molecule has 0 aliphatic heterocycles. The molecule has 1 amide bonds. The van der Waals surface area contributed by atoms with Gasteiger partial charge in [0.15, 0.2) is 0 Å². The number of aryl methyl sites for hydroxylation is 1. The SMILES string of the molecule is CCOC(=O)c1cccc(NC(=O)CCn2ccc3cc(OC)ccc32)c1. The molecule has 0 aliphatic carbocycles.